The number of hydrogen-bond acceptors (Lipinski definition) is 5. The third-order valence-corrected chi connectivity index (χ3v) is 3.83. The first-order chi connectivity index (χ1) is 12.5. The Morgan fingerprint density at radius 3 is 2.65 bits per heavy atom. The number of nitrogens with one attached hydrogen (secondary N) is 1. The van der Waals surface area contributed by atoms with Crippen molar-refractivity contribution in [1.29, 1.82) is 0 Å². The Bertz CT molecular complexity index is 988. The second kappa shape index (κ2) is 7.35. The lowest BCUT2D eigenvalue weighted by Crippen LogP contribution is -2.36. The zero-order valence-corrected chi connectivity index (χ0v) is 14.9. The van der Waals surface area contributed by atoms with Crippen LogP contribution in [0.2, 0.25) is 0 Å². The van der Waals surface area contributed by atoms with E-state index in [9.17, 15) is 9.59 Å². The number of hydrogen-bond donors (Lipinski definition) is 1. The predicted molar refractivity (Wildman–Crippen MR) is 97.4 cm³/mol. The maximum Gasteiger partial charge on any atom is 0.263 e. The maximum atomic E-state index is 12.7. The molecule has 1 aromatic carbocycles. The number of aromatic nitrogens is 3. The number of carbonyl (C=O) groups excluding carboxylic acids is 1. The first-order valence-corrected chi connectivity index (χ1v) is 8.34. The van der Waals surface area contributed by atoms with Crippen LogP contribution in [0.25, 0.3) is 22.8 Å². The molecule has 0 aliphatic carbocycles. The number of rotatable bonds is 5. The van der Waals surface area contributed by atoms with Crippen molar-refractivity contribution in [2.24, 2.45) is 0 Å². The van der Waals surface area contributed by atoms with Crippen LogP contribution in [0.4, 0.5) is 0 Å². The molecule has 134 valence electrons. The molecule has 0 radical (unpaired) electrons. The van der Waals surface area contributed by atoms with Crippen LogP contribution in [-0.2, 0) is 11.3 Å². The van der Waals surface area contributed by atoms with Crippen LogP contribution in [-0.4, -0.2) is 26.7 Å². The zero-order valence-electron chi connectivity index (χ0n) is 14.9. The van der Waals surface area contributed by atoms with Gasteiger partial charge in [0.05, 0.1) is 0 Å². The van der Waals surface area contributed by atoms with Crippen molar-refractivity contribution in [1.82, 2.24) is 20.0 Å². The summed E-state index contributed by atoms with van der Waals surface area (Å²) in [5.74, 6) is 0.322. The van der Waals surface area contributed by atoms with Crippen molar-refractivity contribution < 1.29 is 9.32 Å². The summed E-state index contributed by atoms with van der Waals surface area (Å²) in [6.45, 7) is 5.61. The molecule has 0 unspecified atom stereocenters. The van der Waals surface area contributed by atoms with Crippen LogP contribution in [0.15, 0.2) is 51.9 Å². The van der Waals surface area contributed by atoms with Crippen molar-refractivity contribution in [3.8, 4) is 22.8 Å². The Morgan fingerprint density at radius 1 is 1.19 bits per heavy atom. The van der Waals surface area contributed by atoms with Crippen LogP contribution in [0.1, 0.15) is 19.4 Å². The van der Waals surface area contributed by atoms with Crippen LogP contribution < -0.4 is 10.9 Å². The van der Waals surface area contributed by atoms with E-state index in [1.807, 2.05) is 45.0 Å². The van der Waals surface area contributed by atoms with Gasteiger partial charge in [-0.3, -0.25) is 9.59 Å². The number of nitrogens with zero attached hydrogens (tertiary/aromatic N) is 3. The fraction of sp³-hybridized carbons (Fsp3) is 0.263. The average Bonchev–Trinajstić information content (AvgIpc) is 3.06. The minimum atomic E-state index is -0.355. The SMILES string of the molecule is Cc1ccccc1-c1noc(-c2cccn(CC(=O)NC(C)C)c2=O)n1. The van der Waals surface area contributed by atoms with E-state index in [1.165, 1.54) is 4.57 Å². The molecule has 0 saturated carbocycles. The van der Waals surface area contributed by atoms with Gasteiger partial charge >= 0.3 is 0 Å². The summed E-state index contributed by atoms with van der Waals surface area (Å²) in [4.78, 5) is 28.9. The molecule has 3 rings (SSSR count). The highest BCUT2D eigenvalue weighted by Crippen LogP contribution is 2.22. The normalized spacial score (nSPS) is 10.9. The molecule has 0 fully saturated rings. The van der Waals surface area contributed by atoms with Gasteiger partial charge in [-0.2, -0.15) is 4.98 Å². The van der Waals surface area contributed by atoms with E-state index in [-0.39, 0.29) is 35.5 Å². The molecule has 0 aliphatic rings. The van der Waals surface area contributed by atoms with Crippen molar-refractivity contribution in [2.45, 2.75) is 33.4 Å². The first-order valence-electron chi connectivity index (χ1n) is 8.34. The lowest BCUT2D eigenvalue weighted by Gasteiger charge is -2.10. The summed E-state index contributed by atoms with van der Waals surface area (Å²) in [5.41, 5.74) is 1.76. The van der Waals surface area contributed by atoms with Crippen molar-refractivity contribution in [3.63, 3.8) is 0 Å². The van der Waals surface area contributed by atoms with Crippen molar-refractivity contribution in [2.75, 3.05) is 0 Å². The van der Waals surface area contributed by atoms with E-state index >= 15 is 0 Å². The fourth-order valence-electron chi connectivity index (χ4n) is 2.61. The van der Waals surface area contributed by atoms with Crippen molar-refractivity contribution >= 4 is 5.91 Å². The van der Waals surface area contributed by atoms with Gasteiger partial charge in [0.1, 0.15) is 12.1 Å². The standard InChI is InChI=1S/C19H20N4O3/c1-12(2)20-16(24)11-23-10-6-9-15(19(23)25)18-21-17(22-26-18)14-8-5-4-7-13(14)3/h4-10,12H,11H2,1-3H3,(H,20,24). The topological polar surface area (TPSA) is 90.0 Å². The van der Waals surface area contributed by atoms with Gasteiger partial charge in [-0.05, 0) is 38.5 Å². The molecule has 7 nitrogen and oxygen atoms in total. The quantitative estimate of drug-likeness (QED) is 0.761. The van der Waals surface area contributed by atoms with E-state index in [2.05, 4.69) is 15.5 Å². The summed E-state index contributed by atoms with van der Waals surface area (Å²) in [7, 11) is 0. The molecule has 26 heavy (non-hydrogen) atoms. The highest BCUT2D eigenvalue weighted by molar-refractivity contribution is 5.76. The minimum absolute atomic E-state index is 0.00833. The van der Waals surface area contributed by atoms with Crippen molar-refractivity contribution in [3.05, 3.63) is 58.5 Å². The lowest BCUT2D eigenvalue weighted by molar-refractivity contribution is -0.122. The molecular formula is C19H20N4O3. The van der Waals surface area contributed by atoms with Gasteiger partial charge in [0.2, 0.25) is 11.7 Å². The maximum absolute atomic E-state index is 12.7. The van der Waals surface area contributed by atoms with Crippen LogP contribution in [0, 0.1) is 6.92 Å². The largest absolute Gasteiger partial charge is 0.352 e. The van der Waals surface area contributed by atoms with E-state index in [0.717, 1.165) is 11.1 Å². The molecule has 0 atom stereocenters. The Kier molecular flexibility index (Phi) is 4.97. The highest BCUT2D eigenvalue weighted by Gasteiger charge is 2.16. The molecule has 0 spiro atoms. The minimum Gasteiger partial charge on any atom is -0.352 e. The molecular weight excluding hydrogens is 332 g/mol. The summed E-state index contributed by atoms with van der Waals surface area (Å²) in [6, 6.07) is 11.0. The van der Waals surface area contributed by atoms with Gasteiger partial charge in [-0.25, -0.2) is 0 Å². The number of carbonyl (C=O) groups is 1. The van der Waals surface area contributed by atoms with E-state index in [0.29, 0.717) is 5.82 Å². The Balaban J connectivity index is 1.91. The predicted octanol–water partition coefficient (Wildman–Crippen LogP) is 2.40. The fourth-order valence-corrected chi connectivity index (χ4v) is 2.61. The molecule has 0 bridgehead atoms. The third kappa shape index (κ3) is 3.72. The Labute approximate surface area is 150 Å². The van der Waals surface area contributed by atoms with E-state index in [1.54, 1.807) is 18.3 Å². The van der Waals surface area contributed by atoms with E-state index < -0.39 is 0 Å². The summed E-state index contributed by atoms with van der Waals surface area (Å²) in [6.07, 6.45) is 1.56. The molecule has 3 aromatic rings. The van der Waals surface area contributed by atoms with Gasteiger partial charge in [-0.15, -0.1) is 0 Å². The van der Waals surface area contributed by atoms with Crippen LogP contribution >= 0.6 is 0 Å². The third-order valence-electron chi connectivity index (χ3n) is 3.83. The van der Waals surface area contributed by atoms with Crippen LogP contribution in [0.5, 0.6) is 0 Å². The van der Waals surface area contributed by atoms with Gasteiger partial charge < -0.3 is 14.4 Å². The van der Waals surface area contributed by atoms with Gasteiger partial charge in [0.15, 0.2) is 0 Å². The van der Waals surface area contributed by atoms with Crippen LogP contribution in [0.3, 0.4) is 0 Å². The molecule has 2 heterocycles. The average molecular weight is 352 g/mol. The monoisotopic (exact) mass is 352 g/mol. The summed E-state index contributed by atoms with van der Waals surface area (Å²) >= 11 is 0. The summed E-state index contributed by atoms with van der Waals surface area (Å²) < 4.78 is 6.61. The molecule has 1 N–H and O–H groups in total. The van der Waals surface area contributed by atoms with Gasteiger partial charge in [-0.1, -0.05) is 29.4 Å². The highest BCUT2D eigenvalue weighted by atomic mass is 16.5. The Hall–Kier alpha value is -3.22. The molecule has 0 aliphatic heterocycles. The summed E-state index contributed by atoms with van der Waals surface area (Å²) in [5, 5.41) is 6.74. The second-order valence-corrected chi connectivity index (χ2v) is 6.32. The molecule has 1 amide bonds. The number of aryl methyl sites for hydroxylation is 1. The molecule has 7 heteroatoms. The lowest BCUT2D eigenvalue weighted by atomic mass is 10.1. The number of benzene rings is 1. The van der Waals surface area contributed by atoms with Gasteiger partial charge in [0, 0.05) is 17.8 Å². The van der Waals surface area contributed by atoms with Gasteiger partial charge in [0.25, 0.3) is 11.4 Å². The zero-order chi connectivity index (χ0) is 18.7. The second-order valence-electron chi connectivity index (χ2n) is 6.32. The first kappa shape index (κ1) is 17.6. The molecule has 0 saturated heterocycles. The Morgan fingerprint density at radius 2 is 1.92 bits per heavy atom. The number of amides is 1. The smallest absolute Gasteiger partial charge is 0.263 e. The molecule has 2 aromatic heterocycles. The number of pyridine rings is 1. The van der Waals surface area contributed by atoms with E-state index in [4.69, 9.17) is 4.52 Å².